The van der Waals surface area contributed by atoms with E-state index in [1.165, 1.54) is 22.8 Å². The number of morpholine rings is 1. The van der Waals surface area contributed by atoms with Gasteiger partial charge in [0.05, 0.1) is 6.61 Å². The molecule has 1 aromatic heterocycles. The number of aliphatic hydroxyl groups is 1. The van der Waals surface area contributed by atoms with E-state index in [4.69, 9.17) is 15.2 Å². The third-order valence-corrected chi connectivity index (χ3v) is 4.36. The van der Waals surface area contributed by atoms with Crippen molar-refractivity contribution in [1.29, 1.82) is 0 Å². The van der Waals surface area contributed by atoms with Crippen molar-refractivity contribution in [2.45, 2.75) is 30.9 Å². The number of amides is 1. The van der Waals surface area contributed by atoms with Crippen LogP contribution in [0.15, 0.2) is 11.0 Å². The van der Waals surface area contributed by atoms with Crippen LogP contribution in [0.2, 0.25) is 0 Å². The lowest BCUT2D eigenvalue weighted by Gasteiger charge is -2.34. The molecule has 2 aliphatic heterocycles. The Bertz CT molecular complexity index is 689. The normalized spacial score (nSPS) is 33.7. The first-order valence-electron chi connectivity index (χ1n) is 6.81. The fourth-order valence-corrected chi connectivity index (χ4v) is 3.18. The number of hydrogen-bond acceptors (Lipinski definition) is 7. The van der Waals surface area contributed by atoms with Crippen LogP contribution < -0.4 is 11.4 Å². The Labute approximate surface area is 126 Å². The topological polar surface area (TPSA) is 120 Å². The third-order valence-electron chi connectivity index (χ3n) is 4.36. The number of likely N-dealkylation sites (tertiary alicyclic amines) is 1. The van der Waals surface area contributed by atoms with Crippen LogP contribution in [-0.2, 0) is 14.3 Å². The van der Waals surface area contributed by atoms with E-state index in [2.05, 4.69) is 4.98 Å². The molecule has 3 unspecified atom stereocenters. The molecular weight excluding hydrogens is 292 g/mol. The minimum atomic E-state index is -1.49. The zero-order chi connectivity index (χ0) is 16.2. The van der Waals surface area contributed by atoms with Crippen LogP contribution in [-0.4, -0.2) is 64.0 Å². The van der Waals surface area contributed by atoms with Gasteiger partial charge in [-0.25, -0.2) is 4.79 Å². The predicted octanol–water partition coefficient (Wildman–Crippen LogP) is -1.75. The van der Waals surface area contributed by atoms with Gasteiger partial charge in [0, 0.05) is 25.9 Å². The standard InChI is InChI=1S/C13H18N4O5/c1-6-4-17(12(20)15-9(6)14)10-7-8(18)13(22-10,5-21-3)11(19)16(7)2/h4,7-8,10,18H,5H2,1-3H3,(H2,14,15,20)/t7?,8-,10?,13?/m1/s1. The van der Waals surface area contributed by atoms with E-state index < -0.39 is 29.7 Å². The number of carbonyl (C=O) groups excluding carboxylic acids is 1. The van der Waals surface area contributed by atoms with E-state index in [9.17, 15) is 14.7 Å². The van der Waals surface area contributed by atoms with Gasteiger partial charge in [0.1, 0.15) is 18.0 Å². The van der Waals surface area contributed by atoms with E-state index in [1.54, 1.807) is 14.0 Å². The minimum Gasteiger partial charge on any atom is -0.387 e. The lowest BCUT2D eigenvalue weighted by molar-refractivity contribution is -0.184. The molecule has 3 heterocycles. The number of aromatic nitrogens is 2. The first kappa shape index (κ1) is 14.9. The van der Waals surface area contributed by atoms with Gasteiger partial charge in [-0.1, -0.05) is 0 Å². The summed E-state index contributed by atoms with van der Waals surface area (Å²) in [7, 11) is 2.98. The van der Waals surface area contributed by atoms with E-state index in [0.29, 0.717) is 5.56 Å². The molecule has 4 atom stereocenters. The lowest BCUT2D eigenvalue weighted by Crippen LogP contribution is -2.53. The summed E-state index contributed by atoms with van der Waals surface area (Å²) in [4.78, 5) is 29.5. The van der Waals surface area contributed by atoms with E-state index >= 15 is 0 Å². The number of nitrogens with two attached hydrogens (primary N) is 1. The molecule has 1 amide bonds. The predicted molar refractivity (Wildman–Crippen MR) is 74.9 cm³/mol. The summed E-state index contributed by atoms with van der Waals surface area (Å²) in [5, 5.41) is 10.5. The molecule has 0 aliphatic carbocycles. The first-order chi connectivity index (χ1) is 10.3. The molecule has 0 radical (unpaired) electrons. The number of hydrogen-bond donors (Lipinski definition) is 2. The van der Waals surface area contributed by atoms with E-state index in [1.807, 2.05) is 0 Å². The third kappa shape index (κ3) is 1.73. The highest BCUT2D eigenvalue weighted by Crippen LogP contribution is 2.46. The maximum absolute atomic E-state index is 12.3. The smallest absolute Gasteiger partial charge is 0.351 e. The maximum Gasteiger partial charge on any atom is 0.351 e. The summed E-state index contributed by atoms with van der Waals surface area (Å²) in [5.74, 6) is -0.225. The van der Waals surface area contributed by atoms with Crippen molar-refractivity contribution in [3.63, 3.8) is 0 Å². The zero-order valence-electron chi connectivity index (χ0n) is 12.5. The van der Waals surface area contributed by atoms with Crippen LogP contribution in [0.25, 0.3) is 0 Å². The highest BCUT2D eigenvalue weighted by atomic mass is 16.6. The molecule has 120 valence electrons. The Morgan fingerprint density at radius 2 is 2.23 bits per heavy atom. The van der Waals surface area contributed by atoms with Crippen molar-refractivity contribution < 1.29 is 19.4 Å². The van der Waals surface area contributed by atoms with Crippen molar-refractivity contribution in [2.75, 3.05) is 26.5 Å². The van der Waals surface area contributed by atoms with Crippen molar-refractivity contribution in [3.05, 3.63) is 22.2 Å². The summed E-state index contributed by atoms with van der Waals surface area (Å²) in [6, 6.07) is -0.690. The molecule has 0 saturated carbocycles. The van der Waals surface area contributed by atoms with Gasteiger partial charge < -0.3 is 25.2 Å². The number of fused-ring (bicyclic) bond motifs is 2. The maximum atomic E-state index is 12.3. The summed E-state index contributed by atoms with van der Waals surface area (Å²) in [6.07, 6.45) is -0.423. The first-order valence-corrected chi connectivity index (χ1v) is 6.81. The quantitative estimate of drug-likeness (QED) is 0.679. The number of likely N-dealkylation sites (N-methyl/N-ethyl adjacent to an activating group) is 1. The largest absolute Gasteiger partial charge is 0.387 e. The molecule has 1 aromatic rings. The fourth-order valence-electron chi connectivity index (χ4n) is 3.18. The summed E-state index contributed by atoms with van der Waals surface area (Å²) < 4.78 is 12.0. The Kier molecular flexibility index (Phi) is 3.24. The molecule has 3 N–H and O–H groups in total. The highest BCUT2D eigenvalue weighted by Gasteiger charge is 2.69. The number of rotatable bonds is 3. The van der Waals surface area contributed by atoms with E-state index in [-0.39, 0.29) is 18.3 Å². The molecule has 0 spiro atoms. The number of nitrogen functional groups attached to an aromatic ring is 1. The lowest BCUT2D eigenvalue weighted by atomic mass is 10.00. The van der Waals surface area contributed by atoms with Gasteiger partial charge in [-0.05, 0) is 6.92 Å². The fraction of sp³-hybridized carbons (Fsp3) is 0.615. The number of ether oxygens (including phenoxy) is 2. The Hall–Kier alpha value is -1.97. The van der Waals surface area contributed by atoms with E-state index in [0.717, 1.165) is 0 Å². The van der Waals surface area contributed by atoms with Crippen LogP contribution in [0.1, 0.15) is 11.8 Å². The van der Waals surface area contributed by atoms with Gasteiger partial charge in [-0.3, -0.25) is 9.36 Å². The van der Waals surface area contributed by atoms with Crippen LogP contribution in [0.4, 0.5) is 5.82 Å². The number of anilines is 1. The molecule has 2 saturated heterocycles. The SMILES string of the molecule is COCC12OC(n3cc(C)c(N)nc3=O)C([C@H]1O)N(C)C2=O. The molecule has 9 heteroatoms. The minimum absolute atomic E-state index is 0.0968. The molecule has 9 nitrogen and oxygen atoms in total. The Morgan fingerprint density at radius 1 is 1.55 bits per heavy atom. The summed E-state index contributed by atoms with van der Waals surface area (Å²) >= 11 is 0. The van der Waals surface area contributed by atoms with Gasteiger partial charge >= 0.3 is 5.69 Å². The number of carbonyl (C=O) groups is 1. The summed E-state index contributed by atoms with van der Waals surface area (Å²) in [5.41, 5.74) is 4.13. The number of nitrogens with zero attached hydrogens (tertiary/aromatic N) is 3. The number of methoxy groups -OCH3 is 1. The van der Waals surface area contributed by atoms with Crippen LogP contribution in [0.3, 0.4) is 0 Å². The van der Waals surface area contributed by atoms with Gasteiger partial charge in [-0.2, -0.15) is 4.98 Å². The number of aliphatic hydroxyl groups excluding tert-OH is 1. The van der Waals surface area contributed by atoms with Crippen LogP contribution in [0.5, 0.6) is 0 Å². The Morgan fingerprint density at radius 3 is 2.86 bits per heavy atom. The Balaban J connectivity index is 2.07. The molecule has 3 rings (SSSR count). The van der Waals surface area contributed by atoms with Gasteiger partial charge in [0.25, 0.3) is 5.91 Å². The van der Waals surface area contributed by atoms with Crippen molar-refractivity contribution in [3.8, 4) is 0 Å². The molecule has 2 bridgehead atoms. The average molecular weight is 310 g/mol. The summed E-state index contributed by atoms with van der Waals surface area (Å²) in [6.45, 7) is 1.61. The highest BCUT2D eigenvalue weighted by molar-refractivity contribution is 5.90. The van der Waals surface area contributed by atoms with Crippen molar-refractivity contribution >= 4 is 11.7 Å². The second kappa shape index (κ2) is 4.77. The van der Waals surface area contributed by atoms with Gasteiger partial charge in [0.2, 0.25) is 0 Å². The monoisotopic (exact) mass is 310 g/mol. The second-order valence-electron chi connectivity index (χ2n) is 5.68. The molecule has 2 fully saturated rings. The van der Waals surface area contributed by atoms with Crippen LogP contribution >= 0.6 is 0 Å². The van der Waals surface area contributed by atoms with Crippen molar-refractivity contribution in [1.82, 2.24) is 14.5 Å². The molecule has 2 aliphatic rings. The average Bonchev–Trinajstić information content (AvgIpc) is 2.83. The second-order valence-corrected chi connectivity index (χ2v) is 5.68. The molecule has 22 heavy (non-hydrogen) atoms. The van der Waals surface area contributed by atoms with Gasteiger partial charge in [-0.15, -0.1) is 0 Å². The molecular formula is C13H18N4O5. The van der Waals surface area contributed by atoms with Crippen molar-refractivity contribution in [2.24, 2.45) is 0 Å². The van der Waals surface area contributed by atoms with Crippen LogP contribution in [0, 0.1) is 6.92 Å². The molecule has 0 aromatic carbocycles. The number of aryl methyl sites for hydroxylation is 1. The zero-order valence-corrected chi connectivity index (χ0v) is 12.5. The van der Waals surface area contributed by atoms with Gasteiger partial charge in [0.15, 0.2) is 11.8 Å².